The van der Waals surface area contributed by atoms with E-state index in [1.165, 1.54) is 25.7 Å². The van der Waals surface area contributed by atoms with Crippen molar-refractivity contribution in [3.05, 3.63) is 11.7 Å². The van der Waals surface area contributed by atoms with Crippen LogP contribution in [0.3, 0.4) is 0 Å². The van der Waals surface area contributed by atoms with E-state index in [0.717, 1.165) is 37.5 Å². The third-order valence-electron chi connectivity index (χ3n) is 4.26. The van der Waals surface area contributed by atoms with E-state index >= 15 is 0 Å². The number of ether oxygens (including phenoxy) is 1. The van der Waals surface area contributed by atoms with Gasteiger partial charge in [-0.2, -0.15) is 4.98 Å². The molecule has 18 heavy (non-hydrogen) atoms. The zero-order valence-corrected chi connectivity index (χ0v) is 10.9. The molecule has 1 aliphatic heterocycles. The van der Waals surface area contributed by atoms with Gasteiger partial charge in [0.1, 0.15) is 5.60 Å². The first-order valence-corrected chi connectivity index (χ1v) is 6.97. The van der Waals surface area contributed by atoms with Gasteiger partial charge in [0.25, 0.3) is 0 Å². The molecule has 0 aromatic carbocycles. The maximum Gasteiger partial charge on any atom is 0.243 e. The highest BCUT2D eigenvalue weighted by Crippen LogP contribution is 2.39. The number of methoxy groups -OCH3 is 1. The monoisotopic (exact) mass is 251 g/mol. The number of hydrogen-bond donors (Lipinski definition) is 1. The molecule has 1 aliphatic carbocycles. The molecule has 2 heterocycles. The van der Waals surface area contributed by atoms with Gasteiger partial charge in [0, 0.05) is 7.11 Å². The molecule has 0 spiro atoms. The Hall–Kier alpha value is -0.940. The molecule has 1 unspecified atom stereocenters. The molecule has 1 aromatic heterocycles. The summed E-state index contributed by atoms with van der Waals surface area (Å²) in [6, 6.07) is 0.240. The highest BCUT2D eigenvalue weighted by atomic mass is 16.5. The van der Waals surface area contributed by atoms with E-state index in [4.69, 9.17) is 9.26 Å². The lowest BCUT2D eigenvalue weighted by Crippen LogP contribution is -2.32. The highest BCUT2D eigenvalue weighted by Gasteiger charge is 2.39. The van der Waals surface area contributed by atoms with Gasteiger partial charge in [-0.05, 0) is 32.2 Å². The average molecular weight is 251 g/mol. The fourth-order valence-corrected chi connectivity index (χ4v) is 3.10. The lowest BCUT2D eigenvalue weighted by atomic mass is 9.84. The van der Waals surface area contributed by atoms with Crippen LogP contribution in [0.2, 0.25) is 0 Å². The van der Waals surface area contributed by atoms with Gasteiger partial charge in [0.15, 0.2) is 0 Å². The van der Waals surface area contributed by atoms with Crippen molar-refractivity contribution in [1.29, 1.82) is 0 Å². The predicted octanol–water partition coefficient (Wildman–Crippen LogP) is 2.30. The van der Waals surface area contributed by atoms with Gasteiger partial charge >= 0.3 is 0 Å². The Balaban J connectivity index is 1.82. The number of hydrogen-bond acceptors (Lipinski definition) is 5. The van der Waals surface area contributed by atoms with Gasteiger partial charge < -0.3 is 14.6 Å². The van der Waals surface area contributed by atoms with Crippen LogP contribution in [0, 0.1) is 0 Å². The zero-order valence-electron chi connectivity index (χ0n) is 10.9. The summed E-state index contributed by atoms with van der Waals surface area (Å²) in [6.07, 6.45) is 7.90. The zero-order chi connectivity index (χ0) is 12.4. The van der Waals surface area contributed by atoms with Crippen molar-refractivity contribution >= 4 is 0 Å². The maximum absolute atomic E-state index is 5.74. The number of nitrogens with zero attached hydrogens (tertiary/aromatic N) is 2. The van der Waals surface area contributed by atoms with Crippen LogP contribution in [-0.4, -0.2) is 23.8 Å². The van der Waals surface area contributed by atoms with Crippen molar-refractivity contribution in [3.63, 3.8) is 0 Å². The summed E-state index contributed by atoms with van der Waals surface area (Å²) in [6.45, 7) is 1.04. The van der Waals surface area contributed by atoms with Crippen LogP contribution in [0.25, 0.3) is 0 Å². The molecule has 3 rings (SSSR count). The van der Waals surface area contributed by atoms with E-state index in [9.17, 15) is 0 Å². The second kappa shape index (κ2) is 4.97. The molecule has 1 aromatic rings. The minimum absolute atomic E-state index is 0.240. The largest absolute Gasteiger partial charge is 0.370 e. The summed E-state index contributed by atoms with van der Waals surface area (Å²) in [4.78, 5) is 4.59. The van der Waals surface area contributed by atoms with Crippen molar-refractivity contribution in [2.24, 2.45) is 0 Å². The third-order valence-corrected chi connectivity index (χ3v) is 4.26. The van der Waals surface area contributed by atoms with E-state index < -0.39 is 0 Å². The van der Waals surface area contributed by atoms with Gasteiger partial charge in [-0.25, -0.2) is 0 Å². The Labute approximate surface area is 107 Å². The SMILES string of the molecule is COC1(c2noc(C3CCCN3)n2)CCCCC1. The van der Waals surface area contributed by atoms with Crippen LogP contribution >= 0.6 is 0 Å². The van der Waals surface area contributed by atoms with Crippen molar-refractivity contribution in [1.82, 2.24) is 15.5 Å². The number of nitrogens with one attached hydrogen (secondary N) is 1. The van der Waals surface area contributed by atoms with Gasteiger partial charge in [0.05, 0.1) is 6.04 Å². The Kier molecular flexibility index (Phi) is 3.35. The summed E-state index contributed by atoms with van der Waals surface area (Å²) < 4.78 is 11.2. The normalized spacial score (nSPS) is 27.5. The van der Waals surface area contributed by atoms with Crippen molar-refractivity contribution in [2.75, 3.05) is 13.7 Å². The first-order valence-electron chi connectivity index (χ1n) is 6.97. The summed E-state index contributed by atoms with van der Waals surface area (Å²) in [7, 11) is 1.76. The first kappa shape index (κ1) is 12.1. The smallest absolute Gasteiger partial charge is 0.243 e. The molecule has 1 N–H and O–H groups in total. The molecule has 1 saturated heterocycles. The molecule has 1 atom stereocenters. The first-order chi connectivity index (χ1) is 8.84. The second-order valence-electron chi connectivity index (χ2n) is 5.36. The molecule has 0 amide bonds. The maximum atomic E-state index is 5.74. The van der Waals surface area contributed by atoms with E-state index in [2.05, 4.69) is 15.5 Å². The Morgan fingerprint density at radius 3 is 2.78 bits per heavy atom. The number of aromatic nitrogens is 2. The summed E-state index contributed by atoms with van der Waals surface area (Å²) in [5.41, 5.74) is -0.307. The van der Waals surface area contributed by atoms with Crippen LogP contribution in [-0.2, 0) is 10.3 Å². The lowest BCUT2D eigenvalue weighted by Gasteiger charge is -2.32. The van der Waals surface area contributed by atoms with Crippen LogP contribution in [0.5, 0.6) is 0 Å². The van der Waals surface area contributed by atoms with Crippen molar-refractivity contribution < 1.29 is 9.26 Å². The van der Waals surface area contributed by atoms with Gasteiger partial charge in [-0.1, -0.05) is 24.4 Å². The van der Waals surface area contributed by atoms with Crippen LogP contribution in [0.4, 0.5) is 0 Å². The molecule has 5 heteroatoms. The average Bonchev–Trinajstić information content (AvgIpc) is 3.10. The number of rotatable bonds is 3. The van der Waals surface area contributed by atoms with Crippen LogP contribution in [0.1, 0.15) is 62.7 Å². The quantitative estimate of drug-likeness (QED) is 0.893. The van der Waals surface area contributed by atoms with Gasteiger partial charge in [-0.3, -0.25) is 0 Å². The molecule has 2 aliphatic rings. The van der Waals surface area contributed by atoms with Crippen molar-refractivity contribution in [2.45, 2.75) is 56.6 Å². The third kappa shape index (κ3) is 2.06. The molecule has 100 valence electrons. The molecule has 2 fully saturated rings. The highest BCUT2D eigenvalue weighted by molar-refractivity contribution is 5.05. The fourth-order valence-electron chi connectivity index (χ4n) is 3.10. The minimum atomic E-state index is -0.307. The molecule has 0 radical (unpaired) electrons. The summed E-state index contributed by atoms with van der Waals surface area (Å²) >= 11 is 0. The lowest BCUT2D eigenvalue weighted by molar-refractivity contribution is -0.0527. The molecular weight excluding hydrogens is 230 g/mol. The molecule has 0 bridgehead atoms. The topological polar surface area (TPSA) is 60.2 Å². The van der Waals surface area contributed by atoms with Crippen LogP contribution in [0.15, 0.2) is 4.52 Å². The molecule has 5 nitrogen and oxygen atoms in total. The minimum Gasteiger partial charge on any atom is -0.370 e. The summed E-state index contributed by atoms with van der Waals surface area (Å²) in [5.74, 6) is 1.47. The van der Waals surface area contributed by atoms with Crippen LogP contribution < -0.4 is 5.32 Å². The fraction of sp³-hybridized carbons (Fsp3) is 0.846. The van der Waals surface area contributed by atoms with Gasteiger partial charge in [0.2, 0.25) is 11.7 Å². The Morgan fingerprint density at radius 1 is 1.28 bits per heavy atom. The second-order valence-corrected chi connectivity index (χ2v) is 5.36. The predicted molar refractivity (Wildman–Crippen MR) is 66.0 cm³/mol. The molecular formula is C13H21N3O2. The summed E-state index contributed by atoms with van der Waals surface area (Å²) in [5, 5.41) is 7.56. The van der Waals surface area contributed by atoms with Crippen molar-refractivity contribution in [3.8, 4) is 0 Å². The Bertz CT molecular complexity index is 393. The van der Waals surface area contributed by atoms with E-state index in [1.807, 2.05) is 0 Å². The van der Waals surface area contributed by atoms with Gasteiger partial charge in [-0.15, -0.1) is 0 Å². The van der Waals surface area contributed by atoms with E-state index in [0.29, 0.717) is 0 Å². The molecule has 1 saturated carbocycles. The van der Waals surface area contributed by atoms with E-state index in [1.54, 1.807) is 7.11 Å². The van der Waals surface area contributed by atoms with E-state index in [-0.39, 0.29) is 11.6 Å². The standard InChI is InChI=1S/C13H21N3O2/c1-17-13(7-3-2-4-8-13)12-15-11(18-16-12)10-6-5-9-14-10/h10,14H,2-9H2,1H3. The Morgan fingerprint density at radius 2 is 2.11 bits per heavy atom.